The highest BCUT2D eigenvalue weighted by Crippen LogP contribution is 2.33. The van der Waals surface area contributed by atoms with E-state index in [-0.39, 0.29) is 0 Å². The fourth-order valence-electron chi connectivity index (χ4n) is 1.67. The molecule has 1 aromatic rings. The Kier molecular flexibility index (Phi) is 3.33. The Morgan fingerprint density at radius 3 is 2.38 bits per heavy atom. The molecule has 2 rings (SSSR count). The van der Waals surface area contributed by atoms with E-state index in [2.05, 4.69) is 15.9 Å². The van der Waals surface area contributed by atoms with Crippen LogP contribution in [-0.4, -0.2) is 21.4 Å². The first kappa shape index (κ1) is 11.6. The summed E-state index contributed by atoms with van der Waals surface area (Å²) in [5.74, 6) is 0. The predicted octanol–water partition coefficient (Wildman–Crippen LogP) is 2.18. The van der Waals surface area contributed by atoms with Crippen LogP contribution >= 0.6 is 15.9 Å². The van der Waals surface area contributed by atoms with E-state index in [9.17, 15) is 10.0 Å². The van der Waals surface area contributed by atoms with Crippen LogP contribution in [0, 0.1) is 0 Å². The molecule has 0 heterocycles. The molecular weight excluding hydrogens is 267 g/mol. The van der Waals surface area contributed by atoms with Crippen LogP contribution in [0.3, 0.4) is 0 Å². The molecule has 1 atom stereocenters. The smallest absolute Gasteiger partial charge is 0.426 e. The molecule has 0 amide bonds. The first-order valence-corrected chi connectivity index (χ1v) is 5.91. The van der Waals surface area contributed by atoms with Gasteiger partial charge in [0, 0.05) is 0 Å². The lowest BCUT2D eigenvalue weighted by Crippen LogP contribution is -2.39. The minimum absolute atomic E-state index is 0.561. The minimum Gasteiger partial charge on any atom is -0.426 e. The Morgan fingerprint density at radius 2 is 1.88 bits per heavy atom. The van der Waals surface area contributed by atoms with Gasteiger partial charge in [0.1, 0.15) is 0 Å². The lowest BCUT2D eigenvalue weighted by Gasteiger charge is -2.24. The first-order chi connectivity index (χ1) is 7.62. The van der Waals surface area contributed by atoms with Crippen molar-refractivity contribution in [1.29, 1.82) is 0 Å². The van der Waals surface area contributed by atoms with Crippen molar-refractivity contribution in [3.05, 3.63) is 54.1 Å². The van der Waals surface area contributed by atoms with Crippen molar-refractivity contribution in [2.24, 2.45) is 0 Å². The summed E-state index contributed by atoms with van der Waals surface area (Å²) in [6.07, 6.45) is 6.27. The maximum atomic E-state index is 9.22. The maximum absolute atomic E-state index is 9.22. The number of alkyl halides is 1. The lowest BCUT2D eigenvalue weighted by molar-refractivity contribution is 0.391. The van der Waals surface area contributed by atoms with E-state index in [1.807, 2.05) is 42.5 Å². The van der Waals surface area contributed by atoms with Crippen molar-refractivity contribution >= 4 is 28.6 Å². The molecule has 0 radical (unpaired) electrons. The number of benzene rings is 1. The third-order valence-corrected chi connectivity index (χ3v) is 3.71. The Morgan fingerprint density at radius 1 is 1.19 bits per heavy atom. The van der Waals surface area contributed by atoms with Gasteiger partial charge in [-0.25, -0.2) is 0 Å². The van der Waals surface area contributed by atoms with Gasteiger partial charge in [-0.15, -0.1) is 0 Å². The number of allylic oxidation sites excluding steroid dienone is 4. The zero-order valence-corrected chi connectivity index (χ0v) is 10.3. The Labute approximate surface area is 104 Å². The highest BCUT2D eigenvalue weighted by molar-refractivity contribution is 9.10. The average Bonchev–Trinajstić information content (AvgIpc) is 2.31. The average molecular weight is 279 g/mol. The van der Waals surface area contributed by atoms with Crippen LogP contribution < -0.4 is 0 Å². The molecule has 0 aromatic heterocycles. The summed E-state index contributed by atoms with van der Waals surface area (Å²) in [4.78, 5) is 0. The number of hydrogen-bond acceptors (Lipinski definition) is 2. The van der Waals surface area contributed by atoms with Crippen LogP contribution in [-0.2, 0) is 0 Å². The highest BCUT2D eigenvalue weighted by atomic mass is 79.9. The second-order valence-electron chi connectivity index (χ2n) is 3.86. The van der Waals surface area contributed by atoms with E-state index in [1.54, 1.807) is 6.08 Å². The van der Waals surface area contributed by atoms with Crippen molar-refractivity contribution in [2.75, 3.05) is 0 Å². The van der Waals surface area contributed by atoms with Crippen LogP contribution in [0.25, 0.3) is 5.57 Å². The van der Waals surface area contributed by atoms with E-state index in [0.717, 1.165) is 11.1 Å². The first-order valence-electron chi connectivity index (χ1n) is 5.12. The molecule has 0 aliphatic heterocycles. The van der Waals surface area contributed by atoms with Gasteiger partial charge in [0.05, 0.1) is 4.22 Å². The maximum Gasteiger partial charge on any atom is 0.473 e. The standard InChI is InChI=1S/C12H12BBrO2/c14-12(13(15)16)8-6-11(7-9-12)10-4-2-1-3-5-10/h1-8,15-16H,9H2. The Bertz CT molecular complexity index is 428. The SMILES string of the molecule is OB(O)C1(Br)C=CC(c2ccccc2)=CC1. The minimum atomic E-state index is -1.39. The van der Waals surface area contributed by atoms with Crippen LogP contribution in [0.2, 0.25) is 0 Å². The van der Waals surface area contributed by atoms with Crippen molar-refractivity contribution in [1.82, 2.24) is 0 Å². The van der Waals surface area contributed by atoms with Gasteiger partial charge in [-0.05, 0) is 17.6 Å². The summed E-state index contributed by atoms with van der Waals surface area (Å²) >= 11 is 3.33. The van der Waals surface area contributed by atoms with E-state index >= 15 is 0 Å². The molecule has 0 fully saturated rings. The van der Waals surface area contributed by atoms with Crippen LogP contribution in [0.1, 0.15) is 12.0 Å². The summed E-state index contributed by atoms with van der Waals surface area (Å²) in [7, 11) is -1.39. The fourth-order valence-corrected chi connectivity index (χ4v) is 1.96. The zero-order chi connectivity index (χ0) is 11.6. The van der Waals surface area contributed by atoms with E-state index in [1.165, 1.54) is 0 Å². The second kappa shape index (κ2) is 4.57. The largest absolute Gasteiger partial charge is 0.473 e. The quantitative estimate of drug-likeness (QED) is 0.643. The van der Waals surface area contributed by atoms with Crippen molar-refractivity contribution in [3.8, 4) is 0 Å². The summed E-state index contributed by atoms with van der Waals surface area (Å²) in [5.41, 5.74) is 2.25. The number of hydrogen-bond donors (Lipinski definition) is 2. The predicted molar refractivity (Wildman–Crippen MR) is 70.0 cm³/mol. The van der Waals surface area contributed by atoms with Crippen LogP contribution in [0.4, 0.5) is 0 Å². The molecule has 0 bridgehead atoms. The molecule has 4 heteroatoms. The molecular formula is C12H12BBrO2. The lowest BCUT2D eigenvalue weighted by atomic mass is 9.68. The Balaban J connectivity index is 2.20. The van der Waals surface area contributed by atoms with Crippen LogP contribution in [0.5, 0.6) is 0 Å². The molecule has 1 aliphatic carbocycles. The molecule has 82 valence electrons. The van der Waals surface area contributed by atoms with Gasteiger partial charge in [-0.3, -0.25) is 0 Å². The van der Waals surface area contributed by atoms with Gasteiger partial charge in [0.25, 0.3) is 0 Å². The third kappa shape index (κ3) is 2.29. The fraction of sp³-hybridized carbons (Fsp3) is 0.167. The molecule has 2 N–H and O–H groups in total. The van der Waals surface area contributed by atoms with E-state index in [0.29, 0.717) is 6.42 Å². The molecule has 1 unspecified atom stereocenters. The third-order valence-electron chi connectivity index (χ3n) is 2.71. The van der Waals surface area contributed by atoms with Gasteiger partial charge >= 0.3 is 7.12 Å². The molecule has 2 nitrogen and oxygen atoms in total. The molecule has 1 aliphatic rings. The summed E-state index contributed by atoms with van der Waals surface area (Å²) in [6, 6.07) is 10.0. The van der Waals surface area contributed by atoms with Crippen molar-refractivity contribution in [3.63, 3.8) is 0 Å². The monoisotopic (exact) mass is 278 g/mol. The van der Waals surface area contributed by atoms with Gasteiger partial charge in [0.2, 0.25) is 0 Å². The van der Waals surface area contributed by atoms with Crippen molar-refractivity contribution < 1.29 is 10.0 Å². The van der Waals surface area contributed by atoms with Gasteiger partial charge in [-0.2, -0.15) is 0 Å². The normalized spacial score (nSPS) is 24.1. The van der Waals surface area contributed by atoms with Gasteiger partial charge in [0.15, 0.2) is 0 Å². The topological polar surface area (TPSA) is 40.5 Å². The Hall–Kier alpha value is -0.835. The molecule has 1 aromatic carbocycles. The van der Waals surface area contributed by atoms with E-state index in [4.69, 9.17) is 0 Å². The highest BCUT2D eigenvalue weighted by Gasteiger charge is 2.37. The van der Waals surface area contributed by atoms with Gasteiger partial charge < -0.3 is 10.0 Å². The summed E-state index contributed by atoms with van der Waals surface area (Å²) in [5, 5.41) is 18.4. The molecule has 0 saturated carbocycles. The van der Waals surface area contributed by atoms with Crippen molar-refractivity contribution in [2.45, 2.75) is 10.6 Å². The molecule has 0 spiro atoms. The molecule has 16 heavy (non-hydrogen) atoms. The second-order valence-corrected chi connectivity index (χ2v) is 5.34. The van der Waals surface area contributed by atoms with E-state index < -0.39 is 11.3 Å². The number of halogens is 1. The summed E-state index contributed by atoms with van der Waals surface area (Å²) < 4.78 is -0.745. The molecule has 0 saturated heterocycles. The van der Waals surface area contributed by atoms with Crippen LogP contribution in [0.15, 0.2) is 48.6 Å². The summed E-state index contributed by atoms with van der Waals surface area (Å²) in [6.45, 7) is 0. The number of rotatable bonds is 2. The van der Waals surface area contributed by atoms with Gasteiger partial charge in [-0.1, -0.05) is 64.5 Å². The zero-order valence-electron chi connectivity index (χ0n) is 8.68.